The fraction of sp³-hybridized carbons (Fsp3) is 0.588. The van der Waals surface area contributed by atoms with Crippen LogP contribution in [-0.4, -0.2) is 36.7 Å². The average molecular weight is 337 g/mol. The van der Waals surface area contributed by atoms with Gasteiger partial charge in [0, 0.05) is 6.42 Å². The van der Waals surface area contributed by atoms with Crippen LogP contribution in [0.25, 0.3) is 0 Å². The molecule has 0 aromatic carbocycles. The van der Waals surface area contributed by atoms with Crippen molar-refractivity contribution < 1.29 is 28.7 Å². The zero-order valence-corrected chi connectivity index (χ0v) is 14.5. The van der Waals surface area contributed by atoms with Gasteiger partial charge in [-0.1, -0.05) is 0 Å². The molecule has 0 rings (SSSR count). The maximum absolute atomic E-state index is 12.1. The molecule has 0 N–H and O–H groups in total. The van der Waals surface area contributed by atoms with Gasteiger partial charge in [-0.2, -0.15) is 5.26 Å². The molecule has 0 saturated heterocycles. The van der Waals surface area contributed by atoms with Crippen molar-refractivity contribution in [2.24, 2.45) is 11.3 Å². The average Bonchev–Trinajstić information content (AvgIpc) is 2.54. The number of esters is 2. The van der Waals surface area contributed by atoms with E-state index >= 15 is 0 Å². The van der Waals surface area contributed by atoms with E-state index in [0.29, 0.717) is 0 Å². The van der Waals surface area contributed by atoms with Gasteiger partial charge < -0.3 is 9.47 Å². The van der Waals surface area contributed by atoms with E-state index in [1.54, 1.807) is 13.8 Å². The van der Waals surface area contributed by atoms with Crippen LogP contribution >= 0.6 is 0 Å². The van der Waals surface area contributed by atoms with Gasteiger partial charge in [0.2, 0.25) is 0 Å². The second kappa shape index (κ2) is 10.3. The summed E-state index contributed by atoms with van der Waals surface area (Å²) >= 11 is 0. The van der Waals surface area contributed by atoms with Crippen molar-refractivity contribution >= 4 is 23.5 Å². The van der Waals surface area contributed by atoms with E-state index in [-0.39, 0.29) is 31.8 Å². The van der Waals surface area contributed by atoms with Crippen molar-refractivity contribution in [1.29, 1.82) is 5.26 Å². The second-order valence-electron chi connectivity index (χ2n) is 5.19. The quantitative estimate of drug-likeness (QED) is 0.339. The zero-order valence-electron chi connectivity index (χ0n) is 14.5. The van der Waals surface area contributed by atoms with Crippen LogP contribution in [-0.2, 0) is 28.7 Å². The molecule has 132 valence electrons. The summed E-state index contributed by atoms with van der Waals surface area (Å²) in [7, 11) is 0. The molecule has 0 bridgehead atoms. The third-order valence-corrected chi connectivity index (χ3v) is 3.33. The Bertz CT molecular complexity index is 560. The molecule has 0 radical (unpaired) electrons. The fourth-order valence-electron chi connectivity index (χ4n) is 1.85. The fourth-order valence-corrected chi connectivity index (χ4v) is 1.85. The van der Waals surface area contributed by atoms with Gasteiger partial charge in [0.25, 0.3) is 0 Å². The summed E-state index contributed by atoms with van der Waals surface area (Å²) in [6.07, 6.45) is 1.86. The van der Waals surface area contributed by atoms with Crippen molar-refractivity contribution in [2.45, 2.75) is 40.5 Å². The van der Waals surface area contributed by atoms with Gasteiger partial charge >= 0.3 is 11.9 Å². The molecule has 2 atom stereocenters. The number of allylic oxidation sites excluding steroid dienone is 1. The molecular formula is C17H23NO6. The number of nitrogens with zero attached hydrogens (tertiary/aromatic N) is 1. The number of carbonyl (C=O) groups excluding carboxylic acids is 4. The third-order valence-electron chi connectivity index (χ3n) is 3.33. The van der Waals surface area contributed by atoms with Crippen LogP contribution in [0.1, 0.15) is 40.5 Å². The molecule has 0 saturated carbocycles. The van der Waals surface area contributed by atoms with Gasteiger partial charge in [0.05, 0.1) is 19.3 Å². The standard InChI is InChI=1S/C17H23NO6/c1-5-23-15(21)13(4)14(20)8-10-17(11-18,9-7-12(3)19)16(22)24-6-2/h7,9,13H,5-6,8,10H2,1-4H3/b9-7+/t13-,17-/m1/s1. The summed E-state index contributed by atoms with van der Waals surface area (Å²) in [6, 6.07) is 1.82. The van der Waals surface area contributed by atoms with Crippen LogP contribution < -0.4 is 0 Å². The Morgan fingerprint density at radius 1 is 1.17 bits per heavy atom. The van der Waals surface area contributed by atoms with E-state index in [2.05, 4.69) is 0 Å². The van der Waals surface area contributed by atoms with Gasteiger partial charge in [0.15, 0.2) is 11.2 Å². The summed E-state index contributed by atoms with van der Waals surface area (Å²) in [5.41, 5.74) is -1.74. The lowest BCUT2D eigenvalue weighted by atomic mass is 9.82. The maximum Gasteiger partial charge on any atom is 0.330 e. The third kappa shape index (κ3) is 6.32. The van der Waals surface area contributed by atoms with Crippen molar-refractivity contribution in [3.8, 4) is 6.07 Å². The highest BCUT2D eigenvalue weighted by Gasteiger charge is 2.39. The van der Waals surface area contributed by atoms with Gasteiger partial charge in [0.1, 0.15) is 11.7 Å². The molecule has 0 heterocycles. The molecule has 0 unspecified atom stereocenters. The number of ketones is 2. The predicted molar refractivity (Wildman–Crippen MR) is 84.5 cm³/mol. The number of hydrogen-bond acceptors (Lipinski definition) is 7. The second-order valence-corrected chi connectivity index (χ2v) is 5.19. The first-order valence-corrected chi connectivity index (χ1v) is 7.71. The number of carbonyl (C=O) groups is 4. The Labute approximate surface area is 141 Å². The molecule has 0 amide bonds. The minimum Gasteiger partial charge on any atom is -0.465 e. The lowest BCUT2D eigenvalue weighted by molar-refractivity contribution is -0.151. The van der Waals surface area contributed by atoms with Gasteiger partial charge in [-0.25, -0.2) is 4.79 Å². The highest BCUT2D eigenvalue weighted by molar-refractivity contribution is 5.99. The largest absolute Gasteiger partial charge is 0.465 e. The lowest BCUT2D eigenvalue weighted by Gasteiger charge is -2.21. The summed E-state index contributed by atoms with van der Waals surface area (Å²) in [5.74, 6) is -3.26. The van der Waals surface area contributed by atoms with Crippen molar-refractivity contribution in [3.05, 3.63) is 12.2 Å². The number of rotatable bonds is 10. The topological polar surface area (TPSA) is 111 Å². The molecule has 0 aliphatic carbocycles. The highest BCUT2D eigenvalue weighted by Crippen LogP contribution is 2.28. The van der Waals surface area contributed by atoms with E-state index in [1.165, 1.54) is 13.8 Å². The molecular weight excluding hydrogens is 314 g/mol. The van der Waals surface area contributed by atoms with E-state index in [9.17, 15) is 24.4 Å². The number of ether oxygens (including phenoxy) is 2. The van der Waals surface area contributed by atoms with Crippen LogP contribution in [0.2, 0.25) is 0 Å². The Morgan fingerprint density at radius 2 is 1.75 bits per heavy atom. The molecule has 7 nitrogen and oxygen atoms in total. The van der Waals surface area contributed by atoms with Crippen LogP contribution in [0.5, 0.6) is 0 Å². The SMILES string of the molecule is CCOC(=O)[C@H](C)C(=O)CC[C@@](C#N)(/C=C/C(C)=O)C(=O)OCC. The summed E-state index contributed by atoms with van der Waals surface area (Å²) < 4.78 is 9.66. The van der Waals surface area contributed by atoms with Gasteiger partial charge in [-0.15, -0.1) is 0 Å². The minimum atomic E-state index is -1.74. The Morgan fingerprint density at radius 3 is 2.21 bits per heavy atom. The summed E-state index contributed by atoms with van der Waals surface area (Å²) in [5, 5.41) is 9.42. The van der Waals surface area contributed by atoms with Crippen LogP contribution in [0.4, 0.5) is 0 Å². The number of Topliss-reactive ketones (excluding diaryl/α,β-unsaturated/α-hetero) is 1. The molecule has 0 aliphatic heterocycles. The van der Waals surface area contributed by atoms with Crippen LogP contribution in [0, 0.1) is 22.7 Å². The van der Waals surface area contributed by atoms with Crippen LogP contribution in [0.3, 0.4) is 0 Å². The molecule has 0 aromatic heterocycles. The number of hydrogen-bond donors (Lipinski definition) is 0. The maximum atomic E-state index is 12.1. The first-order valence-electron chi connectivity index (χ1n) is 7.71. The molecule has 0 fully saturated rings. The number of nitriles is 1. The Kier molecular flexibility index (Phi) is 9.25. The van der Waals surface area contributed by atoms with Crippen molar-refractivity contribution in [2.75, 3.05) is 13.2 Å². The molecule has 0 aromatic rings. The van der Waals surface area contributed by atoms with Crippen LogP contribution in [0.15, 0.2) is 12.2 Å². The van der Waals surface area contributed by atoms with E-state index < -0.39 is 29.1 Å². The minimum absolute atomic E-state index is 0.0589. The van der Waals surface area contributed by atoms with Crippen molar-refractivity contribution in [1.82, 2.24) is 0 Å². The Balaban J connectivity index is 5.24. The van der Waals surface area contributed by atoms with Gasteiger partial charge in [-0.3, -0.25) is 14.4 Å². The molecule has 7 heteroatoms. The predicted octanol–water partition coefficient (Wildman–Crippen LogP) is 1.75. The zero-order chi connectivity index (χ0) is 18.8. The van der Waals surface area contributed by atoms with Gasteiger partial charge in [-0.05, 0) is 46.3 Å². The van der Waals surface area contributed by atoms with E-state index in [1.807, 2.05) is 6.07 Å². The molecule has 0 spiro atoms. The van der Waals surface area contributed by atoms with E-state index in [4.69, 9.17) is 9.47 Å². The first kappa shape index (κ1) is 21.5. The molecule has 0 aliphatic rings. The normalized spacial score (nSPS) is 14.3. The first-order chi connectivity index (χ1) is 11.2. The van der Waals surface area contributed by atoms with E-state index in [0.717, 1.165) is 12.2 Å². The molecule has 24 heavy (non-hydrogen) atoms. The highest BCUT2D eigenvalue weighted by atomic mass is 16.5. The monoisotopic (exact) mass is 337 g/mol. The summed E-state index contributed by atoms with van der Waals surface area (Å²) in [6.45, 7) is 6.11. The van der Waals surface area contributed by atoms with Crippen molar-refractivity contribution in [3.63, 3.8) is 0 Å². The Hall–Kier alpha value is -2.49. The lowest BCUT2D eigenvalue weighted by Crippen LogP contribution is -2.32. The smallest absolute Gasteiger partial charge is 0.330 e. The summed E-state index contributed by atoms with van der Waals surface area (Å²) in [4.78, 5) is 46.9.